The lowest BCUT2D eigenvalue weighted by Crippen LogP contribution is -2.37. The predicted octanol–water partition coefficient (Wildman–Crippen LogP) is 26.7. The van der Waals surface area contributed by atoms with Gasteiger partial charge in [0.2, 0.25) is 0 Å². The Morgan fingerprint density at radius 3 is 0.833 bits per heavy atom. The number of quaternary nitrogens is 1. The smallest absolute Gasteiger partial charge is 0.462 e. The van der Waals surface area contributed by atoms with E-state index in [0.29, 0.717) is 17.4 Å². The number of rotatable bonds is 73. The molecule has 0 saturated heterocycles. The molecule has 96 heavy (non-hydrogen) atoms. The Hall–Kier alpha value is -3.85. The number of esters is 2. The van der Waals surface area contributed by atoms with Crippen molar-refractivity contribution in [2.24, 2.45) is 0 Å². The molecule has 1 N–H and O–H groups in total. The summed E-state index contributed by atoms with van der Waals surface area (Å²) in [6, 6.07) is 0. The van der Waals surface area contributed by atoms with Crippen molar-refractivity contribution in [2.45, 2.75) is 354 Å². The molecule has 552 valence electrons. The van der Waals surface area contributed by atoms with E-state index in [9.17, 15) is 19.0 Å². The third-order valence-corrected chi connectivity index (χ3v) is 18.2. The number of phosphoric ester groups is 1. The summed E-state index contributed by atoms with van der Waals surface area (Å²) in [7, 11) is 1.48. The number of likely N-dealkylation sites (N-methyl/N-ethyl adjacent to an activating group) is 1. The fourth-order valence-electron chi connectivity index (χ4n) is 11.2. The van der Waals surface area contributed by atoms with Crippen LogP contribution in [0.1, 0.15) is 348 Å². The Morgan fingerprint density at radius 2 is 0.562 bits per heavy atom. The highest BCUT2D eigenvalue weighted by atomic mass is 31.2. The minimum Gasteiger partial charge on any atom is -0.462 e. The van der Waals surface area contributed by atoms with Gasteiger partial charge in [-0.15, -0.1) is 0 Å². The molecule has 0 radical (unpaired) electrons. The third-order valence-electron chi connectivity index (χ3n) is 17.2. The molecule has 0 heterocycles. The Balaban J connectivity index is 3.96. The van der Waals surface area contributed by atoms with E-state index in [1.807, 2.05) is 21.1 Å². The second-order valence-electron chi connectivity index (χ2n) is 27.7. The summed E-state index contributed by atoms with van der Waals surface area (Å²) in [6.45, 7) is 4.24. The van der Waals surface area contributed by atoms with E-state index in [1.165, 1.54) is 212 Å². The molecule has 0 fully saturated rings. The number of phosphoric acid groups is 1. The standard InChI is InChI=1S/C86H150NO8P/c1-6-8-10-12-14-16-18-20-22-24-26-28-30-32-34-36-38-40-42-43-45-47-49-51-53-55-57-59-61-63-65-67-69-71-73-75-77-79-86(89)95-84(83-94-96(90,91)93-81-80-87(3,4)5)82-92-85(88)78-76-74-72-70-68-66-64-62-60-58-56-54-52-50-48-46-44-41-39-37-35-33-31-29-27-25-23-21-19-17-15-13-11-9-7-2/h8-11,14-17,20-23,26-29,32-35,38,40,84H,6-7,12-13,18-19,24-25,30-31,36-37,39,41-83H2,1-5H3/p+1/b10-8-,11-9-,16-14-,17-15-,22-20-,23-21-,28-26-,29-27-,34-32-,35-33-,40-38-. The van der Waals surface area contributed by atoms with Gasteiger partial charge in [-0.25, -0.2) is 4.57 Å². The molecule has 0 bridgehead atoms. The molecule has 9 nitrogen and oxygen atoms in total. The summed E-state index contributed by atoms with van der Waals surface area (Å²) < 4.78 is 34.8. The van der Waals surface area contributed by atoms with Gasteiger partial charge >= 0.3 is 19.8 Å². The molecule has 0 spiro atoms. The average Bonchev–Trinajstić information content (AvgIpc) is 2.72. The molecule has 2 atom stereocenters. The van der Waals surface area contributed by atoms with Gasteiger partial charge in [-0.1, -0.05) is 359 Å². The fourth-order valence-corrected chi connectivity index (χ4v) is 11.9. The minimum absolute atomic E-state index is 0.0296. The van der Waals surface area contributed by atoms with E-state index in [2.05, 4.69) is 148 Å². The van der Waals surface area contributed by atoms with E-state index in [-0.39, 0.29) is 32.0 Å². The molecular weight excluding hydrogens is 1210 g/mol. The van der Waals surface area contributed by atoms with Gasteiger partial charge in [0.05, 0.1) is 27.7 Å². The predicted molar refractivity (Wildman–Crippen MR) is 417 cm³/mol. The van der Waals surface area contributed by atoms with Gasteiger partial charge in [-0.3, -0.25) is 18.6 Å². The first-order chi connectivity index (χ1) is 47.0. The van der Waals surface area contributed by atoms with Crippen molar-refractivity contribution in [3.8, 4) is 0 Å². The van der Waals surface area contributed by atoms with E-state index in [1.54, 1.807) is 0 Å². The highest BCUT2D eigenvalue weighted by molar-refractivity contribution is 7.47. The Labute approximate surface area is 593 Å². The van der Waals surface area contributed by atoms with Crippen molar-refractivity contribution in [3.05, 3.63) is 134 Å². The molecule has 0 saturated carbocycles. The quantitative estimate of drug-likeness (QED) is 0.0211. The second kappa shape index (κ2) is 75.4. The van der Waals surface area contributed by atoms with Crippen molar-refractivity contribution >= 4 is 19.8 Å². The zero-order valence-corrected chi connectivity index (χ0v) is 64.0. The normalized spacial score (nSPS) is 13.8. The lowest BCUT2D eigenvalue weighted by molar-refractivity contribution is -0.870. The summed E-state index contributed by atoms with van der Waals surface area (Å²) in [6.07, 6.45) is 110. The van der Waals surface area contributed by atoms with Gasteiger partial charge in [0.15, 0.2) is 6.10 Å². The molecule has 0 aromatic carbocycles. The first-order valence-corrected chi connectivity index (χ1v) is 41.4. The molecule has 0 aliphatic rings. The average molecular weight is 1360 g/mol. The van der Waals surface area contributed by atoms with Gasteiger partial charge in [0, 0.05) is 12.8 Å². The number of hydrogen-bond acceptors (Lipinski definition) is 7. The summed E-state index contributed by atoms with van der Waals surface area (Å²) in [5, 5.41) is 0. The maximum Gasteiger partial charge on any atom is 0.472 e. The van der Waals surface area contributed by atoms with Crippen LogP contribution >= 0.6 is 7.82 Å². The van der Waals surface area contributed by atoms with Gasteiger partial charge in [0.1, 0.15) is 19.8 Å². The summed E-state index contributed by atoms with van der Waals surface area (Å²) in [5.41, 5.74) is 0. The lowest BCUT2D eigenvalue weighted by atomic mass is 10.0. The first kappa shape index (κ1) is 92.2. The Morgan fingerprint density at radius 1 is 0.323 bits per heavy atom. The number of carbonyl (C=O) groups excluding carboxylic acids is 2. The van der Waals surface area contributed by atoms with Crippen LogP contribution in [0, 0.1) is 0 Å². The maximum absolute atomic E-state index is 12.9. The van der Waals surface area contributed by atoms with Gasteiger partial charge in [-0.05, 0) is 109 Å². The number of ether oxygens (including phenoxy) is 2. The molecular formula is C86H151NO8P+. The summed E-state index contributed by atoms with van der Waals surface area (Å²) in [5.74, 6) is -0.785. The van der Waals surface area contributed by atoms with Crippen LogP contribution in [0.3, 0.4) is 0 Å². The molecule has 0 aliphatic heterocycles. The molecule has 0 rings (SSSR count). The van der Waals surface area contributed by atoms with Crippen LogP contribution in [0.25, 0.3) is 0 Å². The van der Waals surface area contributed by atoms with Crippen molar-refractivity contribution in [3.63, 3.8) is 0 Å². The highest BCUT2D eigenvalue weighted by Gasteiger charge is 2.27. The zero-order chi connectivity index (χ0) is 69.7. The fraction of sp³-hybridized carbons (Fsp3) is 0.721. The van der Waals surface area contributed by atoms with Gasteiger partial charge in [0.25, 0.3) is 0 Å². The molecule has 0 aromatic rings. The maximum atomic E-state index is 12.9. The topological polar surface area (TPSA) is 108 Å². The van der Waals surface area contributed by atoms with Crippen LogP contribution in [0.4, 0.5) is 0 Å². The molecule has 0 aromatic heterocycles. The van der Waals surface area contributed by atoms with Crippen LogP contribution in [0.5, 0.6) is 0 Å². The van der Waals surface area contributed by atoms with Gasteiger partial charge < -0.3 is 18.9 Å². The molecule has 0 amide bonds. The number of carbonyl (C=O) groups is 2. The van der Waals surface area contributed by atoms with Crippen molar-refractivity contribution in [2.75, 3.05) is 47.5 Å². The SMILES string of the molecule is CC/C=C\C/C=C\C/C=C\C/C=C\C/C=C\C/C=C\CCCCCCCCCCCCCCCCCCCCC(=O)OC(COC(=O)CCCCCCCCCCCCCCCCCCCCC/C=C\C/C=C\C/C=C\C/C=C\C/C=C\CC)COP(=O)(O)OCC[N+](C)(C)C. The Bertz CT molecular complexity index is 2090. The number of nitrogens with zero attached hydrogens (tertiary/aromatic N) is 1. The largest absolute Gasteiger partial charge is 0.472 e. The second-order valence-corrected chi connectivity index (χ2v) is 29.1. The summed E-state index contributed by atoms with van der Waals surface area (Å²) >= 11 is 0. The monoisotopic (exact) mass is 1360 g/mol. The third kappa shape index (κ3) is 79.1. The van der Waals surface area contributed by atoms with Crippen molar-refractivity contribution in [1.82, 2.24) is 0 Å². The van der Waals surface area contributed by atoms with E-state index in [0.717, 1.165) is 103 Å². The lowest BCUT2D eigenvalue weighted by Gasteiger charge is -2.24. The van der Waals surface area contributed by atoms with Crippen LogP contribution in [-0.4, -0.2) is 74.9 Å². The number of allylic oxidation sites excluding steroid dienone is 22. The van der Waals surface area contributed by atoms with Crippen molar-refractivity contribution < 1.29 is 42.1 Å². The minimum atomic E-state index is -4.40. The number of hydrogen-bond donors (Lipinski definition) is 1. The first-order valence-electron chi connectivity index (χ1n) is 39.9. The van der Waals surface area contributed by atoms with E-state index in [4.69, 9.17) is 18.5 Å². The highest BCUT2D eigenvalue weighted by Crippen LogP contribution is 2.43. The van der Waals surface area contributed by atoms with E-state index >= 15 is 0 Å². The van der Waals surface area contributed by atoms with Crippen LogP contribution in [0.15, 0.2) is 134 Å². The van der Waals surface area contributed by atoms with E-state index < -0.39 is 26.5 Å². The molecule has 2 unspecified atom stereocenters. The Kier molecular flexibility index (Phi) is 72.3. The van der Waals surface area contributed by atoms with Crippen LogP contribution in [-0.2, 0) is 32.7 Å². The molecule has 0 aliphatic carbocycles. The van der Waals surface area contributed by atoms with Gasteiger partial charge in [-0.2, -0.15) is 0 Å². The zero-order valence-electron chi connectivity index (χ0n) is 63.1. The molecule has 10 heteroatoms. The number of unbranched alkanes of at least 4 members (excludes halogenated alkanes) is 37. The van der Waals surface area contributed by atoms with Crippen molar-refractivity contribution in [1.29, 1.82) is 0 Å². The summed E-state index contributed by atoms with van der Waals surface area (Å²) in [4.78, 5) is 36.0. The van der Waals surface area contributed by atoms with Crippen LogP contribution in [0.2, 0.25) is 0 Å². The van der Waals surface area contributed by atoms with Crippen LogP contribution < -0.4 is 0 Å².